The average Bonchev–Trinajstić information content (AvgIpc) is 2.19. The van der Waals surface area contributed by atoms with Gasteiger partial charge in [0.2, 0.25) is 0 Å². The predicted octanol–water partition coefficient (Wildman–Crippen LogP) is 5.13. The van der Waals surface area contributed by atoms with Crippen LogP contribution in [-0.2, 0) is 0 Å². The van der Waals surface area contributed by atoms with Gasteiger partial charge in [0.15, 0.2) is 0 Å². The summed E-state index contributed by atoms with van der Waals surface area (Å²) in [6, 6.07) is 4.46. The molecule has 0 saturated heterocycles. The lowest BCUT2D eigenvalue weighted by Crippen LogP contribution is -2.07. The smallest absolute Gasteiger partial charge is 0.0411 e. The molecular formula is C14H22BrN. The van der Waals surface area contributed by atoms with Crippen LogP contribution in [0, 0.1) is 0 Å². The van der Waals surface area contributed by atoms with Crippen LogP contribution in [0.15, 0.2) is 16.6 Å². The fourth-order valence-electron chi connectivity index (χ4n) is 1.94. The Hall–Kier alpha value is -0.500. The molecule has 0 atom stereocenters. The third kappa shape index (κ3) is 3.00. The van der Waals surface area contributed by atoms with E-state index in [0.717, 1.165) is 6.54 Å². The third-order valence-corrected chi connectivity index (χ3v) is 3.22. The molecule has 2 heteroatoms. The third-order valence-electron chi connectivity index (χ3n) is 2.76. The summed E-state index contributed by atoms with van der Waals surface area (Å²) in [4.78, 5) is 0. The molecule has 0 radical (unpaired) electrons. The SMILES string of the molecule is CCNc1c(C(C)C)cc(Br)cc1C(C)C. The zero-order valence-electron chi connectivity index (χ0n) is 10.9. The summed E-state index contributed by atoms with van der Waals surface area (Å²) >= 11 is 3.61. The first-order valence-corrected chi connectivity index (χ1v) is 6.83. The molecule has 0 aliphatic heterocycles. The normalized spacial score (nSPS) is 11.2. The van der Waals surface area contributed by atoms with E-state index in [2.05, 4.69) is 68.0 Å². The van der Waals surface area contributed by atoms with E-state index in [9.17, 15) is 0 Å². The molecule has 0 fully saturated rings. The first-order valence-electron chi connectivity index (χ1n) is 6.04. The van der Waals surface area contributed by atoms with Gasteiger partial charge in [-0.3, -0.25) is 0 Å². The second-order valence-corrected chi connectivity index (χ2v) is 5.71. The van der Waals surface area contributed by atoms with E-state index in [1.54, 1.807) is 0 Å². The standard InChI is InChI=1S/C14H22BrN/c1-6-16-14-12(9(2)3)7-11(15)8-13(14)10(4)5/h7-10,16H,6H2,1-5H3. The maximum Gasteiger partial charge on any atom is 0.0411 e. The van der Waals surface area contributed by atoms with Crippen LogP contribution in [0.3, 0.4) is 0 Å². The Morgan fingerprint density at radius 1 is 1.06 bits per heavy atom. The Labute approximate surface area is 108 Å². The molecule has 1 aromatic rings. The summed E-state index contributed by atoms with van der Waals surface area (Å²) in [6.45, 7) is 12.1. The zero-order chi connectivity index (χ0) is 12.3. The molecule has 1 aromatic carbocycles. The summed E-state index contributed by atoms with van der Waals surface area (Å²) < 4.78 is 1.18. The van der Waals surface area contributed by atoms with Crippen molar-refractivity contribution in [2.45, 2.75) is 46.5 Å². The maximum atomic E-state index is 3.61. The van der Waals surface area contributed by atoms with Gasteiger partial charge in [-0.05, 0) is 42.0 Å². The summed E-state index contributed by atoms with van der Waals surface area (Å²) in [7, 11) is 0. The molecule has 0 unspecified atom stereocenters. The highest BCUT2D eigenvalue weighted by molar-refractivity contribution is 9.10. The number of benzene rings is 1. The number of hydrogen-bond donors (Lipinski definition) is 1. The number of hydrogen-bond acceptors (Lipinski definition) is 1. The quantitative estimate of drug-likeness (QED) is 0.808. The molecule has 1 nitrogen and oxygen atoms in total. The van der Waals surface area contributed by atoms with Gasteiger partial charge < -0.3 is 5.32 Å². The second-order valence-electron chi connectivity index (χ2n) is 4.80. The van der Waals surface area contributed by atoms with Crippen molar-refractivity contribution >= 4 is 21.6 Å². The molecule has 90 valence electrons. The molecule has 0 aromatic heterocycles. The number of rotatable bonds is 4. The van der Waals surface area contributed by atoms with Crippen LogP contribution in [0.25, 0.3) is 0 Å². The Kier molecular flexibility index (Phi) is 4.85. The number of halogens is 1. The van der Waals surface area contributed by atoms with E-state index in [0.29, 0.717) is 11.8 Å². The molecule has 0 aliphatic rings. The largest absolute Gasteiger partial charge is 0.385 e. The number of nitrogens with one attached hydrogen (secondary N) is 1. The lowest BCUT2D eigenvalue weighted by Gasteiger charge is -2.21. The molecule has 0 saturated carbocycles. The van der Waals surface area contributed by atoms with Crippen molar-refractivity contribution in [2.24, 2.45) is 0 Å². The molecule has 0 spiro atoms. The van der Waals surface area contributed by atoms with Crippen LogP contribution < -0.4 is 5.32 Å². The molecule has 1 rings (SSSR count). The van der Waals surface area contributed by atoms with Crippen molar-refractivity contribution < 1.29 is 0 Å². The van der Waals surface area contributed by atoms with Crippen molar-refractivity contribution in [3.63, 3.8) is 0 Å². The van der Waals surface area contributed by atoms with Gasteiger partial charge in [0, 0.05) is 16.7 Å². The van der Waals surface area contributed by atoms with Crippen LogP contribution >= 0.6 is 15.9 Å². The molecule has 0 bridgehead atoms. The first kappa shape index (κ1) is 13.6. The summed E-state index contributed by atoms with van der Waals surface area (Å²) in [5.74, 6) is 1.09. The highest BCUT2D eigenvalue weighted by Crippen LogP contribution is 2.35. The fourth-order valence-corrected chi connectivity index (χ4v) is 2.43. The lowest BCUT2D eigenvalue weighted by molar-refractivity contribution is 0.832. The van der Waals surface area contributed by atoms with E-state index in [4.69, 9.17) is 0 Å². The topological polar surface area (TPSA) is 12.0 Å². The Morgan fingerprint density at radius 3 is 1.81 bits per heavy atom. The zero-order valence-corrected chi connectivity index (χ0v) is 12.5. The van der Waals surface area contributed by atoms with Gasteiger partial charge in [-0.2, -0.15) is 0 Å². The first-order chi connectivity index (χ1) is 7.47. The molecule has 1 N–H and O–H groups in total. The van der Waals surface area contributed by atoms with Crippen molar-refractivity contribution in [3.8, 4) is 0 Å². The lowest BCUT2D eigenvalue weighted by atomic mass is 9.92. The van der Waals surface area contributed by atoms with Crippen LogP contribution in [0.5, 0.6) is 0 Å². The minimum absolute atomic E-state index is 0.545. The maximum absolute atomic E-state index is 3.61. The van der Waals surface area contributed by atoms with Gasteiger partial charge in [-0.1, -0.05) is 43.6 Å². The van der Waals surface area contributed by atoms with E-state index < -0.39 is 0 Å². The van der Waals surface area contributed by atoms with E-state index in [1.807, 2.05) is 0 Å². The van der Waals surface area contributed by atoms with Crippen LogP contribution in [0.2, 0.25) is 0 Å². The average molecular weight is 284 g/mol. The summed E-state index contributed by atoms with van der Waals surface area (Å²) in [6.07, 6.45) is 0. The summed E-state index contributed by atoms with van der Waals surface area (Å²) in [5, 5.41) is 3.51. The van der Waals surface area contributed by atoms with Gasteiger partial charge in [-0.15, -0.1) is 0 Å². The Morgan fingerprint density at radius 2 is 1.50 bits per heavy atom. The molecule has 0 amide bonds. The second kappa shape index (κ2) is 5.72. The minimum Gasteiger partial charge on any atom is -0.385 e. The number of anilines is 1. The molecule has 0 aliphatic carbocycles. The Balaban J connectivity index is 3.35. The van der Waals surface area contributed by atoms with Crippen molar-refractivity contribution in [2.75, 3.05) is 11.9 Å². The van der Waals surface area contributed by atoms with E-state index >= 15 is 0 Å². The van der Waals surface area contributed by atoms with Crippen LogP contribution in [0.1, 0.15) is 57.6 Å². The van der Waals surface area contributed by atoms with Crippen molar-refractivity contribution in [1.29, 1.82) is 0 Å². The monoisotopic (exact) mass is 283 g/mol. The van der Waals surface area contributed by atoms with Crippen molar-refractivity contribution in [1.82, 2.24) is 0 Å². The van der Waals surface area contributed by atoms with E-state index in [1.165, 1.54) is 21.3 Å². The minimum atomic E-state index is 0.545. The van der Waals surface area contributed by atoms with Gasteiger partial charge in [0.05, 0.1) is 0 Å². The fraction of sp³-hybridized carbons (Fsp3) is 0.571. The van der Waals surface area contributed by atoms with Crippen molar-refractivity contribution in [3.05, 3.63) is 27.7 Å². The highest BCUT2D eigenvalue weighted by atomic mass is 79.9. The van der Waals surface area contributed by atoms with E-state index in [-0.39, 0.29) is 0 Å². The van der Waals surface area contributed by atoms with Gasteiger partial charge in [0.25, 0.3) is 0 Å². The molecule has 16 heavy (non-hydrogen) atoms. The molecule has 0 heterocycles. The highest BCUT2D eigenvalue weighted by Gasteiger charge is 2.14. The van der Waals surface area contributed by atoms with Gasteiger partial charge >= 0.3 is 0 Å². The predicted molar refractivity (Wildman–Crippen MR) is 76.5 cm³/mol. The van der Waals surface area contributed by atoms with Gasteiger partial charge in [-0.25, -0.2) is 0 Å². The van der Waals surface area contributed by atoms with Crippen LogP contribution in [-0.4, -0.2) is 6.54 Å². The van der Waals surface area contributed by atoms with Gasteiger partial charge in [0.1, 0.15) is 0 Å². The Bertz CT molecular complexity index is 327. The summed E-state index contributed by atoms with van der Waals surface area (Å²) in [5.41, 5.74) is 4.13. The molecular weight excluding hydrogens is 262 g/mol. The van der Waals surface area contributed by atoms with Crippen LogP contribution in [0.4, 0.5) is 5.69 Å².